The van der Waals surface area contributed by atoms with E-state index >= 15 is 0 Å². The second-order valence-electron chi connectivity index (χ2n) is 1.56. The van der Waals surface area contributed by atoms with Gasteiger partial charge in [0.05, 0.1) is 14.2 Å². The molecule has 5 heteroatoms. The van der Waals surface area contributed by atoms with Crippen molar-refractivity contribution in [1.82, 2.24) is 0 Å². The summed E-state index contributed by atoms with van der Waals surface area (Å²) in [5.41, 5.74) is -0.338. The maximum absolute atomic E-state index is 10.7. The molecule has 0 atom stereocenters. The van der Waals surface area contributed by atoms with E-state index in [1.807, 2.05) is 0 Å². The molecule has 62 valence electrons. The van der Waals surface area contributed by atoms with Crippen LogP contribution in [0.1, 0.15) is 0 Å². The minimum Gasteiger partial charge on any atom is -0.464 e. The largest absolute Gasteiger partial charge is 0.464 e. The summed E-state index contributed by atoms with van der Waals surface area (Å²) in [6.45, 7) is 0. The fraction of sp³-hybridized carbons (Fsp3) is 0.500. The van der Waals surface area contributed by atoms with Gasteiger partial charge in [-0.05, 0) is 0 Å². The highest BCUT2D eigenvalue weighted by molar-refractivity contribution is 6.62. The van der Waals surface area contributed by atoms with E-state index in [4.69, 9.17) is 0 Å². The molecule has 0 bridgehead atoms. The third-order valence-corrected chi connectivity index (χ3v) is 0.981. The Morgan fingerprint density at radius 2 is 1.45 bits per heavy atom. The molecule has 0 rings (SSSR count). The molecule has 0 aliphatic heterocycles. The van der Waals surface area contributed by atoms with Gasteiger partial charge in [0.15, 0.2) is 0 Å². The van der Waals surface area contributed by atoms with Crippen molar-refractivity contribution < 1.29 is 19.1 Å². The van der Waals surface area contributed by atoms with Crippen molar-refractivity contribution in [1.29, 1.82) is 0 Å². The van der Waals surface area contributed by atoms with Crippen LogP contribution in [0.15, 0.2) is 4.99 Å². The molecular weight excluding hydrogens is 150 g/mol. The van der Waals surface area contributed by atoms with Crippen LogP contribution in [-0.4, -0.2) is 38.9 Å². The molecule has 0 radical (unpaired) electrons. The summed E-state index contributed by atoms with van der Waals surface area (Å²) in [5, 5.41) is 0. The second-order valence-corrected chi connectivity index (χ2v) is 1.56. The SMILES string of the molecule is CN=C(C(=O)OC)C(=O)OC. The van der Waals surface area contributed by atoms with Gasteiger partial charge in [0.1, 0.15) is 0 Å². The maximum Gasteiger partial charge on any atom is 0.363 e. The van der Waals surface area contributed by atoms with Crippen molar-refractivity contribution in [2.24, 2.45) is 4.99 Å². The number of aliphatic imine (C=N–C) groups is 1. The smallest absolute Gasteiger partial charge is 0.363 e. The van der Waals surface area contributed by atoms with E-state index in [1.165, 1.54) is 7.05 Å². The van der Waals surface area contributed by atoms with Gasteiger partial charge >= 0.3 is 11.9 Å². The fourth-order valence-corrected chi connectivity index (χ4v) is 0.459. The number of carbonyl (C=O) groups is 2. The number of hydrogen-bond acceptors (Lipinski definition) is 5. The zero-order chi connectivity index (χ0) is 8.85. The lowest BCUT2D eigenvalue weighted by molar-refractivity contribution is -0.138. The van der Waals surface area contributed by atoms with Gasteiger partial charge in [-0.3, -0.25) is 4.99 Å². The van der Waals surface area contributed by atoms with E-state index in [2.05, 4.69) is 14.5 Å². The first-order chi connectivity index (χ1) is 5.17. The van der Waals surface area contributed by atoms with Crippen LogP contribution in [0.2, 0.25) is 0 Å². The Morgan fingerprint density at radius 3 is 1.64 bits per heavy atom. The second kappa shape index (κ2) is 4.43. The zero-order valence-electron chi connectivity index (χ0n) is 6.58. The molecule has 0 aliphatic carbocycles. The normalized spacial score (nSPS) is 8.27. The number of nitrogens with zero attached hydrogens (tertiary/aromatic N) is 1. The molecule has 0 aromatic rings. The first-order valence-corrected chi connectivity index (χ1v) is 2.80. The maximum atomic E-state index is 10.7. The van der Waals surface area contributed by atoms with Gasteiger partial charge in [0.25, 0.3) is 0 Å². The van der Waals surface area contributed by atoms with E-state index in [-0.39, 0.29) is 5.71 Å². The molecule has 11 heavy (non-hydrogen) atoms. The number of hydrogen-bond donors (Lipinski definition) is 0. The molecule has 0 fully saturated rings. The Kier molecular flexibility index (Phi) is 3.87. The van der Waals surface area contributed by atoms with Crippen molar-refractivity contribution in [3.63, 3.8) is 0 Å². The summed E-state index contributed by atoms with van der Waals surface area (Å²) in [7, 11) is 3.64. The number of carbonyl (C=O) groups excluding carboxylic acids is 2. The molecule has 0 amide bonds. The van der Waals surface area contributed by atoms with Crippen molar-refractivity contribution >= 4 is 17.7 Å². The van der Waals surface area contributed by atoms with Crippen LogP contribution >= 0.6 is 0 Å². The monoisotopic (exact) mass is 159 g/mol. The summed E-state index contributed by atoms with van der Waals surface area (Å²) >= 11 is 0. The lowest BCUT2D eigenvalue weighted by atomic mass is 10.4. The van der Waals surface area contributed by atoms with Crippen LogP contribution in [-0.2, 0) is 19.1 Å². The third kappa shape index (κ3) is 2.37. The minimum atomic E-state index is -0.792. The van der Waals surface area contributed by atoms with Crippen molar-refractivity contribution in [3.8, 4) is 0 Å². The van der Waals surface area contributed by atoms with Crippen molar-refractivity contribution in [2.75, 3.05) is 21.3 Å². The molecule has 0 aromatic carbocycles. The van der Waals surface area contributed by atoms with Gasteiger partial charge in [0, 0.05) is 7.05 Å². The van der Waals surface area contributed by atoms with Gasteiger partial charge in [-0.1, -0.05) is 0 Å². The summed E-state index contributed by atoms with van der Waals surface area (Å²) in [6, 6.07) is 0. The van der Waals surface area contributed by atoms with Crippen molar-refractivity contribution in [3.05, 3.63) is 0 Å². The summed E-state index contributed by atoms with van der Waals surface area (Å²) < 4.78 is 8.51. The number of esters is 2. The predicted molar refractivity (Wildman–Crippen MR) is 37.4 cm³/mol. The molecule has 0 N–H and O–H groups in total. The van der Waals surface area contributed by atoms with E-state index in [1.54, 1.807) is 0 Å². The topological polar surface area (TPSA) is 65.0 Å². The zero-order valence-corrected chi connectivity index (χ0v) is 6.58. The quantitative estimate of drug-likeness (QED) is 0.306. The molecule has 0 aromatic heterocycles. The lowest BCUT2D eigenvalue weighted by Crippen LogP contribution is -2.26. The molecule has 0 heterocycles. The standard InChI is InChI=1S/C6H9NO4/c1-7-4(5(8)10-2)6(9)11-3/h1-3H3. The van der Waals surface area contributed by atoms with E-state index in [9.17, 15) is 9.59 Å². The Hall–Kier alpha value is -1.39. The Morgan fingerprint density at radius 1 is 1.09 bits per heavy atom. The van der Waals surface area contributed by atoms with Gasteiger partial charge in [-0.25, -0.2) is 9.59 Å². The van der Waals surface area contributed by atoms with E-state index in [0.29, 0.717) is 0 Å². The van der Waals surface area contributed by atoms with Crippen LogP contribution in [0, 0.1) is 0 Å². The highest BCUT2D eigenvalue weighted by atomic mass is 16.5. The van der Waals surface area contributed by atoms with E-state index in [0.717, 1.165) is 14.2 Å². The highest BCUT2D eigenvalue weighted by Gasteiger charge is 2.20. The van der Waals surface area contributed by atoms with Crippen LogP contribution in [0.4, 0.5) is 0 Å². The summed E-state index contributed by atoms with van der Waals surface area (Å²) in [6.07, 6.45) is 0. The molecule has 0 aliphatic rings. The Labute approximate surface area is 64.0 Å². The molecule has 0 unspecified atom stereocenters. The lowest BCUT2D eigenvalue weighted by Gasteiger charge is -1.99. The number of ether oxygens (including phenoxy) is 2. The Balaban J connectivity index is 4.43. The summed E-state index contributed by atoms with van der Waals surface area (Å²) in [5.74, 6) is -1.58. The highest BCUT2D eigenvalue weighted by Crippen LogP contribution is 1.85. The van der Waals surface area contributed by atoms with Gasteiger partial charge < -0.3 is 9.47 Å². The first kappa shape index (κ1) is 9.61. The van der Waals surface area contributed by atoms with Gasteiger partial charge in [0.2, 0.25) is 5.71 Å². The molecule has 0 saturated heterocycles. The minimum absolute atomic E-state index is 0.338. The first-order valence-electron chi connectivity index (χ1n) is 2.80. The van der Waals surface area contributed by atoms with E-state index < -0.39 is 11.9 Å². The van der Waals surface area contributed by atoms with Crippen molar-refractivity contribution in [2.45, 2.75) is 0 Å². The molecule has 5 nitrogen and oxygen atoms in total. The third-order valence-electron chi connectivity index (χ3n) is 0.981. The summed E-state index contributed by atoms with van der Waals surface area (Å²) in [4.78, 5) is 24.8. The van der Waals surface area contributed by atoms with Crippen LogP contribution in [0.5, 0.6) is 0 Å². The number of rotatable bonds is 2. The van der Waals surface area contributed by atoms with Gasteiger partial charge in [-0.15, -0.1) is 0 Å². The fourth-order valence-electron chi connectivity index (χ4n) is 0.459. The average molecular weight is 159 g/mol. The van der Waals surface area contributed by atoms with Crippen LogP contribution < -0.4 is 0 Å². The predicted octanol–water partition coefficient (Wildman–Crippen LogP) is -0.597. The van der Waals surface area contributed by atoms with Crippen LogP contribution in [0.25, 0.3) is 0 Å². The average Bonchev–Trinajstić information content (AvgIpc) is 2.05. The molecular formula is C6H9NO4. The molecule has 0 saturated carbocycles. The molecule has 0 spiro atoms. The number of methoxy groups -OCH3 is 2. The Bertz CT molecular complexity index is 179. The van der Waals surface area contributed by atoms with Crippen LogP contribution in [0.3, 0.4) is 0 Å². The van der Waals surface area contributed by atoms with Gasteiger partial charge in [-0.2, -0.15) is 0 Å².